The summed E-state index contributed by atoms with van der Waals surface area (Å²) in [6.45, 7) is 1.97. The fourth-order valence-electron chi connectivity index (χ4n) is 2.47. The van der Waals surface area contributed by atoms with Crippen molar-refractivity contribution in [3.63, 3.8) is 0 Å². The maximum atomic E-state index is 12.5. The third kappa shape index (κ3) is 5.02. The van der Waals surface area contributed by atoms with Gasteiger partial charge in [0.25, 0.3) is 11.8 Å². The van der Waals surface area contributed by atoms with Gasteiger partial charge in [-0.1, -0.05) is 47.5 Å². The zero-order chi connectivity index (χ0) is 19.9. The van der Waals surface area contributed by atoms with Gasteiger partial charge >= 0.3 is 0 Å². The first-order chi connectivity index (χ1) is 13.5. The molecule has 0 saturated heterocycles. The molecule has 140 valence electrons. The third-order valence-corrected chi connectivity index (χ3v) is 4.03. The molecule has 7 heteroatoms. The number of pyridine rings is 1. The molecule has 0 atom stereocenters. The lowest BCUT2D eigenvalue weighted by Crippen LogP contribution is -2.21. The Bertz CT molecular complexity index is 1040. The van der Waals surface area contributed by atoms with Crippen LogP contribution in [-0.4, -0.2) is 23.0 Å². The molecule has 0 aliphatic carbocycles. The highest BCUT2D eigenvalue weighted by Gasteiger charge is 2.15. The average molecular weight is 393 g/mol. The molecule has 0 radical (unpaired) electrons. The van der Waals surface area contributed by atoms with Crippen molar-refractivity contribution in [2.45, 2.75) is 6.92 Å². The number of hydrogen-bond donors (Lipinski definition) is 2. The molecule has 3 aromatic rings. The molecule has 6 nitrogen and oxygen atoms in total. The van der Waals surface area contributed by atoms with Gasteiger partial charge in [0, 0.05) is 11.2 Å². The first-order valence-electron chi connectivity index (χ1n) is 8.45. The van der Waals surface area contributed by atoms with Crippen LogP contribution in [-0.2, 0) is 0 Å². The average Bonchev–Trinajstić information content (AvgIpc) is 2.70. The standard InChI is InChI=1S/C21H17ClN4O2/c1-14-5-4-6-15(11-14)13-24-26-20(27)17-12-16(22)8-9-18(17)25-21(28)19-7-2-3-10-23-19/h2-13H,1H3,(H,25,28)(H,26,27). The fourth-order valence-corrected chi connectivity index (χ4v) is 2.64. The van der Waals surface area contributed by atoms with Crippen LogP contribution in [0.25, 0.3) is 0 Å². The lowest BCUT2D eigenvalue weighted by atomic mass is 10.1. The van der Waals surface area contributed by atoms with Crippen LogP contribution >= 0.6 is 11.6 Å². The lowest BCUT2D eigenvalue weighted by molar-refractivity contribution is 0.0956. The minimum atomic E-state index is -0.497. The third-order valence-electron chi connectivity index (χ3n) is 3.79. The van der Waals surface area contributed by atoms with Crippen molar-refractivity contribution in [3.05, 3.63) is 94.3 Å². The van der Waals surface area contributed by atoms with Gasteiger partial charge in [0.15, 0.2) is 0 Å². The topological polar surface area (TPSA) is 83.5 Å². The van der Waals surface area contributed by atoms with Crippen LogP contribution < -0.4 is 10.7 Å². The number of anilines is 1. The van der Waals surface area contributed by atoms with Gasteiger partial charge in [0.1, 0.15) is 5.69 Å². The summed E-state index contributed by atoms with van der Waals surface area (Å²) in [7, 11) is 0. The highest BCUT2D eigenvalue weighted by atomic mass is 35.5. The van der Waals surface area contributed by atoms with E-state index in [1.807, 2.05) is 31.2 Å². The summed E-state index contributed by atoms with van der Waals surface area (Å²) in [6.07, 6.45) is 3.06. The molecule has 0 aliphatic heterocycles. The maximum Gasteiger partial charge on any atom is 0.274 e. The predicted octanol–water partition coefficient (Wildman–Crippen LogP) is 4.06. The second-order valence-corrected chi connectivity index (χ2v) is 6.41. The molecule has 2 N–H and O–H groups in total. The van der Waals surface area contributed by atoms with Gasteiger partial charge in [-0.25, -0.2) is 5.43 Å². The Balaban J connectivity index is 1.76. The van der Waals surface area contributed by atoms with Crippen LogP contribution in [0.2, 0.25) is 5.02 Å². The Morgan fingerprint density at radius 1 is 1.04 bits per heavy atom. The van der Waals surface area contributed by atoms with Crippen LogP contribution in [0.1, 0.15) is 32.0 Å². The summed E-state index contributed by atoms with van der Waals surface area (Å²) in [5.41, 5.74) is 5.14. The van der Waals surface area contributed by atoms with Crippen LogP contribution in [0.5, 0.6) is 0 Å². The number of carbonyl (C=O) groups excluding carboxylic acids is 2. The zero-order valence-corrected chi connectivity index (χ0v) is 15.8. The molecule has 0 fully saturated rings. The number of aromatic nitrogens is 1. The monoisotopic (exact) mass is 392 g/mol. The Labute approximate surface area is 167 Å². The number of nitrogens with one attached hydrogen (secondary N) is 2. The van der Waals surface area contributed by atoms with E-state index in [-0.39, 0.29) is 11.3 Å². The summed E-state index contributed by atoms with van der Waals surface area (Å²) in [6, 6.07) is 17.3. The number of rotatable bonds is 5. The quantitative estimate of drug-likeness (QED) is 0.507. The first kappa shape index (κ1) is 19.3. The van der Waals surface area contributed by atoms with Gasteiger partial charge in [0.2, 0.25) is 0 Å². The predicted molar refractivity (Wildman–Crippen MR) is 110 cm³/mol. The molecular weight excluding hydrogens is 376 g/mol. The van der Waals surface area contributed by atoms with E-state index in [9.17, 15) is 9.59 Å². The van der Waals surface area contributed by atoms with E-state index in [0.29, 0.717) is 10.7 Å². The number of hydrogen-bond acceptors (Lipinski definition) is 4. The second kappa shape index (κ2) is 8.92. The van der Waals surface area contributed by atoms with E-state index in [1.54, 1.807) is 36.5 Å². The smallest absolute Gasteiger partial charge is 0.274 e. The minimum Gasteiger partial charge on any atom is -0.320 e. The minimum absolute atomic E-state index is 0.193. The molecule has 1 aromatic heterocycles. The fraction of sp³-hybridized carbons (Fsp3) is 0.0476. The van der Waals surface area contributed by atoms with Gasteiger partial charge in [-0.05, 0) is 42.8 Å². The number of halogens is 1. The maximum absolute atomic E-state index is 12.5. The zero-order valence-electron chi connectivity index (χ0n) is 15.0. The van der Waals surface area contributed by atoms with Crippen LogP contribution in [0.3, 0.4) is 0 Å². The summed E-state index contributed by atoms with van der Waals surface area (Å²) < 4.78 is 0. The van der Waals surface area contributed by atoms with Crippen molar-refractivity contribution in [2.24, 2.45) is 5.10 Å². The van der Waals surface area contributed by atoms with Crippen molar-refractivity contribution in [1.29, 1.82) is 0 Å². The Kier molecular flexibility index (Phi) is 6.14. The normalized spacial score (nSPS) is 10.6. The van der Waals surface area contributed by atoms with Gasteiger partial charge < -0.3 is 5.32 Å². The van der Waals surface area contributed by atoms with Crippen LogP contribution in [0.4, 0.5) is 5.69 Å². The first-order valence-corrected chi connectivity index (χ1v) is 8.83. The van der Waals surface area contributed by atoms with Crippen molar-refractivity contribution in [3.8, 4) is 0 Å². The Hall–Kier alpha value is -3.51. The molecule has 0 bridgehead atoms. The molecular formula is C21H17ClN4O2. The van der Waals surface area contributed by atoms with Gasteiger partial charge in [-0.2, -0.15) is 5.10 Å². The Morgan fingerprint density at radius 2 is 1.89 bits per heavy atom. The Morgan fingerprint density at radius 3 is 2.64 bits per heavy atom. The second-order valence-electron chi connectivity index (χ2n) is 5.97. The van der Waals surface area contributed by atoms with E-state index < -0.39 is 11.8 Å². The SMILES string of the molecule is Cc1cccc(C=NNC(=O)c2cc(Cl)ccc2NC(=O)c2ccccn2)c1. The molecule has 3 rings (SSSR count). The molecule has 2 amide bonds. The van der Waals surface area contributed by atoms with Crippen LogP contribution in [0, 0.1) is 6.92 Å². The van der Waals surface area contributed by atoms with E-state index in [2.05, 4.69) is 20.8 Å². The number of benzene rings is 2. The summed E-state index contributed by atoms with van der Waals surface area (Å²) in [4.78, 5) is 28.9. The molecule has 28 heavy (non-hydrogen) atoms. The van der Waals surface area contributed by atoms with E-state index in [1.165, 1.54) is 12.3 Å². The summed E-state index contributed by atoms with van der Waals surface area (Å²) >= 11 is 6.02. The molecule has 2 aromatic carbocycles. The summed E-state index contributed by atoms with van der Waals surface area (Å²) in [5.74, 6) is -0.928. The number of nitrogens with zero attached hydrogens (tertiary/aromatic N) is 2. The van der Waals surface area contributed by atoms with Gasteiger partial charge in [-0.3, -0.25) is 14.6 Å². The molecule has 0 saturated carbocycles. The summed E-state index contributed by atoms with van der Waals surface area (Å²) in [5, 5.41) is 7.02. The largest absolute Gasteiger partial charge is 0.320 e. The van der Waals surface area contributed by atoms with E-state index in [4.69, 9.17) is 11.6 Å². The number of carbonyl (C=O) groups is 2. The number of hydrazone groups is 1. The molecule has 0 aliphatic rings. The van der Waals surface area contributed by atoms with Crippen LogP contribution in [0.15, 0.2) is 72.0 Å². The molecule has 0 unspecified atom stereocenters. The van der Waals surface area contributed by atoms with Crippen molar-refractivity contribution in [2.75, 3.05) is 5.32 Å². The van der Waals surface area contributed by atoms with Crippen molar-refractivity contribution >= 4 is 35.3 Å². The van der Waals surface area contributed by atoms with E-state index in [0.717, 1.165) is 11.1 Å². The molecule has 1 heterocycles. The number of amides is 2. The van der Waals surface area contributed by atoms with Crippen molar-refractivity contribution in [1.82, 2.24) is 10.4 Å². The molecule has 0 spiro atoms. The highest BCUT2D eigenvalue weighted by Crippen LogP contribution is 2.21. The number of aryl methyl sites for hydroxylation is 1. The van der Waals surface area contributed by atoms with Gasteiger partial charge in [-0.15, -0.1) is 0 Å². The van der Waals surface area contributed by atoms with Crippen molar-refractivity contribution < 1.29 is 9.59 Å². The van der Waals surface area contributed by atoms with Gasteiger partial charge in [0.05, 0.1) is 17.5 Å². The highest BCUT2D eigenvalue weighted by molar-refractivity contribution is 6.31. The lowest BCUT2D eigenvalue weighted by Gasteiger charge is -2.10. The van der Waals surface area contributed by atoms with E-state index >= 15 is 0 Å².